The number of fused-ring (bicyclic) bond motifs is 3. The first-order valence-corrected chi connectivity index (χ1v) is 13.4. The highest BCUT2D eigenvalue weighted by atomic mass is 16.5. The van der Waals surface area contributed by atoms with Crippen LogP contribution in [0.2, 0.25) is 0 Å². The average Bonchev–Trinajstić information content (AvgIpc) is 3.23. The third kappa shape index (κ3) is 6.87. The quantitative estimate of drug-likeness (QED) is 0.344. The third-order valence-electron chi connectivity index (χ3n) is 7.14. The Hall–Kier alpha value is -4.17. The minimum atomic E-state index is -1.16. The molecule has 0 aliphatic heterocycles. The first-order chi connectivity index (χ1) is 19.0. The second-order valence-corrected chi connectivity index (χ2v) is 11.4. The average molecular weight is 544 g/mol. The van der Waals surface area contributed by atoms with Crippen LogP contribution in [-0.2, 0) is 20.9 Å². The van der Waals surface area contributed by atoms with Crippen LogP contribution in [0.25, 0.3) is 11.1 Å². The summed E-state index contributed by atoms with van der Waals surface area (Å²) in [5.74, 6) is -1.85. The van der Waals surface area contributed by atoms with Gasteiger partial charge in [0.05, 0.1) is 0 Å². The second kappa shape index (κ2) is 12.3. The smallest absolute Gasteiger partial charge is 0.407 e. The lowest BCUT2D eigenvalue weighted by Gasteiger charge is -2.31. The fraction of sp³-hybridized carbons (Fsp3) is 0.344. The van der Waals surface area contributed by atoms with Crippen molar-refractivity contribution in [1.29, 1.82) is 0 Å². The largest absolute Gasteiger partial charge is 0.480 e. The maximum Gasteiger partial charge on any atom is 0.407 e. The number of carbonyl (C=O) groups is 3. The van der Waals surface area contributed by atoms with Gasteiger partial charge in [0.2, 0.25) is 5.91 Å². The highest BCUT2D eigenvalue weighted by molar-refractivity contribution is 5.90. The number of hydrogen-bond acceptors (Lipinski definition) is 5. The lowest BCUT2D eigenvalue weighted by molar-refractivity contribution is -0.143. The number of nitrogens with one attached hydrogen (secondary N) is 2. The van der Waals surface area contributed by atoms with Crippen LogP contribution in [-0.4, -0.2) is 60.3 Å². The van der Waals surface area contributed by atoms with Crippen molar-refractivity contribution in [1.82, 2.24) is 15.5 Å². The molecule has 2 atom stereocenters. The fourth-order valence-electron chi connectivity index (χ4n) is 5.15. The van der Waals surface area contributed by atoms with Crippen molar-refractivity contribution in [2.24, 2.45) is 5.41 Å². The first kappa shape index (κ1) is 28.8. The second-order valence-electron chi connectivity index (χ2n) is 11.4. The molecule has 40 heavy (non-hydrogen) atoms. The minimum absolute atomic E-state index is 0.0950. The van der Waals surface area contributed by atoms with Crippen molar-refractivity contribution in [3.63, 3.8) is 0 Å². The van der Waals surface area contributed by atoms with Crippen LogP contribution in [0.3, 0.4) is 0 Å². The maximum atomic E-state index is 13.3. The summed E-state index contributed by atoms with van der Waals surface area (Å²) in [7, 11) is 1.80. The van der Waals surface area contributed by atoms with Gasteiger partial charge in [0, 0.05) is 19.0 Å². The number of nitrogens with zero attached hydrogens (tertiary/aromatic N) is 1. The topological polar surface area (TPSA) is 108 Å². The first-order valence-electron chi connectivity index (χ1n) is 13.4. The van der Waals surface area contributed by atoms with Gasteiger partial charge in [-0.3, -0.25) is 9.69 Å². The zero-order valence-electron chi connectivity index (χ0n) is 23.4. The molecule has 210 valence electrons. The summed E-state index contributed by atoms with van der Waals surface area (Å²) in [4.78, 5) is 40.1. The number of carboxylic acid groups (broad SMARTS) is 1. The van der Waals surface area contributed by atoms with Crippen LogP contribution in [0.15, 0.2) is 78.9 Å². The van der Waals surface area contributed by atoms with Gasteiger partial charge in [0.1, 0.15) is 18.7 Å². The fourth-order valence-corrected chi connectivity index (χ4v) is 5.15. The number of amides is 2. The zero-order valence-corrected chi connectivity index (χ0v) is 23.4. The van der Waals surface area contributed by atoms with E-state index in [0.717, 1.165) is 27.8 Å². The van der Waals surface area contributed by atoms with Crippen LogP contribution in [0.5, 0.6) is 0 Å². The van der Waals surface area contributed by atoms with E-state index in [9.17, 15) is 19.5 Å². The lowest BCUT2D eigenvalue weighted by atomic mass is 9.86. The van der Waals surface area contributed by atoms with Crippen molar-refractivity contribution in [3.8, 4) is 11.1 Å². The summed E-state index contributed by atoms with van der Waals surface area (Å²) in [6.07, 6.45) is -0.731. The molecule has 3 N–H and O–H groups in total. The Kier molecular flexibility index (Phi) is 8.90. The molecular formula is C32H37N3O5. The summed E-state index contributed by atoms with van der Waals surface area (Å²) < 4.78 is 5.64. The van der Waals surface area contributed by atoms with Gasteiger partial charge < -0.3 is 20.5 Å². The molecule has 0 heterocycles. The minimum Gasteiger partial charge on any atom is -0.480 e. The molecule has 8 heteroatoms. The third-order valence-corrected chi connectivity index (χ3v) is 7.14. The standard InChI is InChI=1S/C32H37N3O5/c1-32(2,3)28(29(36)33-27(30(37)38)19-35(4)18-21-12-6-5-7-13-21)34-31(39)40-20-26-24-16-10-8-14-22(24)23-15-9-11-17-25(23)26/h5-17,26-28H,18-20H2,1-4H3,(H,33,36)(H,34,39)(H,37,38). The Morgan fingerprint density at radius 1 is 0.875 bits per heavy atom. The van der Waals surface area contributed by atoms with Gasteiger partial charge in [-0.15, -0.1) is 0 Å². The van der Waals surface area contributed by atoms with Gasteiger partial charge in [-0.1, -0.05) is 99.6 Å². The van der Waals surface area contributed by atoms with Gasteiger partial charge in [-0.05, 0) is 40.3 Å². The summed E-state index contributed by atoms with van der Waals surface area (Å²) in [5.41, 5.74) is 4.75. The normalized spacial score (nSPS) is 14.1. The molecule has 2 unspecified atom stereocenters. The van der Waals surface area contributed by atoms with E-state index < -0.39 is 35.5 Å². The van der Waals surface area contributed by atoms with Gasteiger partial charge in [-0.2, -0.15) is 0 Å². The van der Waals surface area contributed by atoms with Crippen LogP contribution >= 0.6 is 0 Å². The Morgan fingerprint density at radius 3 is 1.98 bits per heavy atom. The molecule has 0 saturated heterocycles. The molecule has 1 aliphatic rings. The molecule has 0 spiro atoms. The number of benzene rings is 3. The van der Waals surface area contributed by atoms with Crippen molar-refractivity contribution in [3.05, 3.63) is 95.6 Å². The van der Waals surface area contributed by atoms with Crippen molar-refractivity contribution >= 4 is 18.0 Å². The number of likely N-dealkylation sites (N-methyl/N-ethyl adjacent to an activating group) is 1. The van der Waals surface area contributed by atoms with Gasteiger partial charge in [-0.25, -0.2) is 9.59 Å². The molecule has 3 aromatic rings. The molecule has 0 aromatic heterocycles. The van der Waals surface area contributed by atoms with Gasteiger partial charge in [0.25, 0.3) is 0 Å². The molecular weight excluding hydrogens is 506 g/mol. The maximum absolute atomic E-state index is 13.3. The summed E-state index contributed by atoms with van der Waals surface area (Å²) >= 11 is 0. The van der Waals surface area contributed by atoms with E-state index in [2.05, 4.69) is 22.8 Å². The monoisotopic (exact) mass is 543 g/mol. The highest BCUT2D eigenvalue weighted by Gasteiger charge is 2.36. The van der Waals surface area contributed by atoms with Crippen LogP contribution in [0.1, 0.15) is 43.4 Å². The zero-order chi connectivity index (χ0) is 28.9. The van der Waals surface area contributed by atoms with E-state index >= 15 is 0 Å². The van der Waals surface area contributed by atoms with Crippen LogP contribution in [0, 0.1) is 5.41 Å². The highest BCUT2D eigenvalue weighted by Crippen LogP contribution is 2.44. The Balaban J connectivity index is 1.39. The molecule has 0 saturated carbocycles. The number of carbonyl (C=O) groups excluding carboxylic acids is 2. The van der Waals surface area contributed by atoms with Crippen LogP contribution < -0.4 is 10.6 Å². The van der Waals surface area contributed by atoms with E-state index in [4.69, 9.17) is 4.74 Å². The van der Waals surface area contributed by atoms with Gasteiger partial charge in [0.15, 0.2) is 0 Å². The Labute approximate surface area is 235 Å². The summed E-state index contributed by atoms with van der Waals surface area (Å²) in [6.45, 7) is 6.15. The molecule has 0 radical (unpaired) electrons. The molecule has 0 fully saturated rings. The number of hydrogen-bond donors (Lipinski definition) is 3. The van der Waals surface area contributed by atoms with Crippen molar-refractivity contribution in [2.75, 3.05) is 20.2 Å². The number of ether oxygens (including phenoxy) is 1. The predicted molar refractivity (Wildman–Crippen MR) is 154 cm³/mol. The van der Waals surface area contributed by atoms with Crippen molar-refractivity contribution < 1.29 is 24.2 Å². The lowest BCUT2D eigenvalue weighted by Crippen LogP contribution is -2.58. The Morgan fingerprint density at radius 2 is 1.43 bits per heavy atom. The predicted octanol–water partition coefficient (Wildman–Crippen LogP) is 4.64. The number of rotatable bonds is 10. The van der Waals surface area contributed by atoms with Crippen molar-refractivity contribution in [2.45, 2.75) is 45.3 Å². The molecule has 2 amide bonds. The summed E-state index contributed by atoms with van der Waals surface area (Å²) in [5, 5.41) is 15.1. The molecule has 3 aromatic carbocycles. The van der Waals surface area contributed by atoms with E-state index in [0.29, 0.717) is 6.54 Å². The van der Waals surface area contributed by atoms with E-state index in [-0.39, 0.29) is 19.1 Å². The molecule has 4 rings (SSSR count). The van der Waals surface area contributed by atoms with Crippen LogP contribution in [0.4, 0.5) is 4.79 Å². The molecule has 1 aliphatic carbocycles. The number of alkyl carbamates (subject to hydrolysis) is 1. The van der Waals surface area contributed by atoms with E-state index in [1.54, 1.807) is 27.8 Å². The number of carboxylic acids is 1. The Bertz CT molecular complexity index is 1310. The van der Waals surface area contributed by atoms with Gasteiger partial charge >= 0.3 is 12.1 Å². The molecule has 0 bridgehead atoms. The van der Waals surface area contributed by atoms with E-state index in [1.807, 2.05) is 71.6 Å². The molecule has 8 nitrogen and oxygen atoms in total. The SMILES string of the molecule is CN(Cc1ccccc1)CC(NC(=O)C(NC(=O)OCC1c2ccccc2-c2ccccc21)C(C)(C)C)C(=O)O. The summed E-state index contributed by atoms with van der Waals surface area (Å²) in [6, 6.07) is 23.6. The number of aliphatic carboxylic acids is 1. The van der Waals surface area contributed by atoms with E-state index in [1.165, 1.54) is 0 Å².